The molecule has 0 amide bonds. The van der Waals surface area contributed by atoms with Gasteiger partial charge in [0.05, 0.1) is 25.1 Å². The molecule has 8 nitrogen and oxygen atoms in total. The van der Waals surface area contributed by atoms with Gasteiger partial charge in [0.2, 0.25) is 5.95 Å². The van der Waals surface area contributed by atoms with Crippen molar-refractivity contribution < 1.29 is 10.2 Å². The van der Waals surface area contributed by atoms with E-state index in [4.69, 9.17) is 5.73 Å². The average molecular weight is 277 g/mol. The molecule has 0 saturated heterocycles. The molecule has 0 radical (unpaired) electrons. The number of nitrogens with zero attached hydrogens (tertiary/aromatic N) is 3. The third kappa shape index (κ3) is 1.73. The molecule has 0 aromatic carbocycles. The highest BCUT2D eigenvalue weighted by atomic mass is 16.3. The van der Waals surface area contributed by atoms with E-state index < -0.39 is 11.7 Å². The predicted octanol–water partition coefficient (Wildman–Crippen LogP) is -0.828. The second-order valence-corrected chi connectivity index (χ2v) is 4.96. The zero-order valence-corrected chi connectivity index (χ0v) is 10.7. The summed E-state index contributed by atoms with van der Waals surface area (Å²) < 4.78 is 1.67. The summed E-state index contributed by atoms with van der Waals surface area (Å²) in [4.78, 5) is 22.2. The number of nitrogens with two attached hydrogens (primary N) is 1. The van der Waals surface area contributed by atoms with Crippen molar-refractivity contribution in [1.82, 2.24) is 19.5 Å². The molecule has 0 bridgehead atoms. The molecule has 1 unspecified atom stereocenters. The van der Waals surface area contributed by atoms with Gasteiger partial charge in [-0.2, -0.15) is 4.98 Å². The van der Waals surface area contributed by atoms with Crippen LogP contribution >= 0.6 is 0 Å². The van der Waals surface area contributed by atoms with Crippen LogP contribution in [-0.2, 0) is 0 Å². The summed E-state index contributed by atoms with van der Waals surface area (Å²) in [5, 5.41) is 19.2. The molecule has 1 saturated carbocycles. The Labute approximate surface area is 113 Å². The maximum atomic E-state index is 11.7. The van der Waals surface area contributed by atoms with E-state index in [9.17, 15) is 15.0 Å². The summed E-state index contributed by atoms with van der Waals surface area (Å²) >= 11 is 0. The SMILES string of the molecule is C=C1C(CO)[C@H](O)C[C@@H]1n1cnc2c(=O)[nH]c(N)nc21. The van der Waals surface area contributed by atoms with Crippen LogP contribution in [0.15, 0.2) is 23.3 Å². The first kappa shape index (κ1) is 12.8. The number of rotatable bonds is 2. The smallest absolute Gasteiger partial charge is 0.280 e. The molecule has 1 aliphatic carbocycles. The Kier molecular flexibility index (Phi) is 2.84. The van der Waals surface area contributed by atoms with Gasteiger partial charge in [0, 0.05) is 5.92 Å². The number of fused-ring (bicyclic) bond motifs is 1. The number of nitrogens with one attached hydrogen (secondary N) is 1. The van der Waals surface area contributed by atoms with E-state index in [2.05, 4.69) is 21.5 Å². The van der Waals surface area contributed by atoms with Gasteiger partial charge in [-0.1, -0.05) is 6.58 Å². The number of H-pyrrole nitrogens is 1. The number of aromatic nitrogens is 4. The van der Waals surface area contributed by atoms with Crippen LogP contribution in [0.25, 0.3) is 11.2 Å². The summed E-state index contributed by atoms with van der Waals surface area (Å²) in [5.41, 5.74) is 6.37. The molecule has 20 heavy (non-hydrogen) atoms. The molecule has 1 aliphatic rings. The minimum atomic E-state index is -0.672. The van der Waals surface area contributed by atoms with Crippen molar-refractivity contribution in [1.29, 1.82) is 0 Å². The fraction of sp³-hybridized carbons (Fsp3) is 0.417. The van der Waals surface area contributed by atoms with Crippen LogP contribution in [0.4, 0.5) is 5.95 Å². The zero-order chi connectivity index (χ0) is 14.4. The van der Waals surface area contributed by atoms with E-state index in [1.54, 1.807) is 4.57 Å². The fourth-order valence-corrected chi connectivity index (χ4v) is 2.74. The highest BCUT2D eigenvalue weighted by molar-refractivity contribution is 5.70. The van der Waals surface area contributed by atoms with Crippen molar-refractivity contribution in [2.75, 3.05) is 12.3 Å². The molecule has 3 rings (SSSR count). The topological polar surface area (TPSA) is 130 Å². The maximum Gasteiger partial charge on any atom is 0.280 e. The van der Waals surface area contributed by atoms with Crippen molar-refractivity contribution in [2.45, 2.75) is 18.6 Å². The Morgan fingerprint density at radius 1 is 1.60 bits per heavy atom. The number of nitrogen functional groups attached to an aromatic ring is 1. The van der Waals surface area contributed by atoms with Gasteiger partial charge in [0.25, 0.3) is 5.56 Å². The van der Waals surface area contributed by atoms with Crippen LogP contribution < -0.4 is 11.3 Å². The van der Waals surface area contributed by atoms with Gasteiger partial charge < -0.3 is 20.5 Å². The molecule has 1 fully saturated rings. The van der Waals surface area contributed by atoms with Crippen LogP contribution in [-0.4, -0.2) is 42.4 Å². The maximum absolute atomic E-state index is 11.7. The molecular weight excluding hydrogens is 262 g/mol. The lowest BCUT2D eigenvalue weighted by Gasteiger charge is -2.15. The third-order valence-corrected chi connectivity index (χ3v) is 3.82. The number of hydrogen-bond donors (Lipinski definition) is 4. The Morgan fingerprint density at radius 3 is 3.00 bits per heavy atom. The molecule has 2 aromatic heterocycles. The van der Waals surface area contributed by atoms with Gasteiger partial charge in [-0.25, -0.2) is 4.98 Å². The summed E-state index contributed by atoms with van der Waals surface area (Å²) in [7, 11) is 0. The standard InChI is InChI=1S/C12H15N5O3/c1-5-6(3-18)8(19)2-7(5)17-4-14-9-10(17)15-12(13)16-11(9)20/h4,6-8,18-19H,1-3H2,(H3,13,15,16,20)/t6?,7-,8+/m0/s1. The van der Waals surface area contributed by atoms with Crippen molar-refractivity contribution in [3.05, 3.63) is 28.8 Å². The van der Waals surface area contributed by atoms with Gasteiger partial charge in [-0.15, -0.1) is 0 Å². The highest BCUT2D eigenvalue weighted by Gasteiger charge is 2.37. The summed E-state index contributed by atoms with van der Waals surface area (Å²) in [6.45, 7) is 3.76. The molecule has 8 heteroatoms. The van der Waals surface area contributed by atoms with Gasteiger partial charge in [-0.05, 0) is 12.0 Å². The first-order chi connectivity index (χ1) is 9.52. The Hall–Kier alpha value is -2.19. The lowest BCUT2D eigenvalue weighted by atomic mass is 10.0. The second-order valence-electron chi connectivity index (χ2n) is 4.96. The van der Waals surface area contributed by atoms with E-state index >= 15 is 0 Å². The number of aliphatic hydroxyl groups is 2. The number of hydrogen-bond acceptors (Lipinski definition) is 6. The van der Waals surface area contributed by atoms with Crippen molar-refractivity contribution in [2.24, 2.45) is 5.92 Å². The van der Waals surface area contributed by atoms with Crippen LogP contribution in [0.2, 0.25) is 0 Å². The number of aliphatic hydroxyl groups excluding tert-OH is 2. The minimum Gasteiger partial charge on any atom is -0.396 e. The van der Waals surface area contributed by atoms with Crippen LogP contribution in [0.3, 0.4) is 0 Å². The Bertz CT molecular complexity index is 734. The fourth-order valence-electron chi connectivity index (χ4n) is 2.74. The van der Waals surface area contributed by atoms with E-state index in [1.807, 2.05) is 0 Å². The Balaban J connectivity index is 2.12. The molecule has 3 atom stereocenters. The first-order valence-electron chi connectivity index (χ1n) is 6.23. The molecule has 0 aliphatic heterocycles. The number of imidazole rings is 1. The lowest BCUT2D eigenvalue weighted by molar-refractivity contribution is 0.101. The summed E-state index contributed by atoms with van der Waals surface area (Å²) in [6.07, 6.45) is 1.20. The van der Waals surface area contributed by atoms with Crippen molar-refractivity contribution in [3.63, 3.8) is 0 Å². The lowest BCUT2D eigenvalue weighted by Crippen LogP contribution is -2.17. The zero-order valence-electron chi connectivity index (χ0n) is 10.7. The van der Waals surface area contributed by atoms with Gasteiger partial charge in [0.15, 0.2) is 11.2 Å². The molecule has 2 heterocycles. The first-order valence-corrected chi connectivity index (χ1v) is 6.23. The molecule has 106 valence electrons. The molecule has 5 N–H and O–H groups in total. The van der Waals surface area contributed by atoms with Gasteiger partial charge in [0.1, 0.15) is 0 Å². The van der Waals surface area contributed by atoms with E-state index in [1.165, 1.54) is 6.33 Å². The van der Waals surface area contributed by atoms with Crippen LogP contribution in [0.5, 0.6) is 0 Å². The monoisotopic (exact) mass is 277 g/mol. The van der Waals surface area contributed by atoms with Crippen LogP contribution in [0, 0.1) is 5.92 Å². The summed E-state index contributed by atoms with van der Waals surface area (Å²) in [5.74, 6) is -0.371. The highest BCUT2D eigenvalue weighted by Crippen LogP contribution is 2.39. The number of aromatic amines is 1. The molecule has 0 spiro atoms. The number of anilines is 1. The third-order valence-electron chi connectivity index (χ3n) is 3.82. The predicted molar refractivity (Wildman–Crippen MR) is 71.9 cm³/mol. The van der Waals surface area contributed by atoms with E-state index in [0.717, 1.165) is 0 Å². The quantitative estimate of drug-likeness (QED) is 0.530. The largest absolute Gasteiger partial charge is 0.396 e. The van der Waals surface area contributed by atoms with E-state index in [-0.39, 0.29) is 30.0 Å². The average Bonchev–Trinajstić information content (AvgIpc) is 2.91. The molecule has 2 aromatic rings. The van der Waals surface area contributed by atoms with Crippen molar-refractivity contribution >= 4 is 17.1 Å². The van der Waals surface area contributed by atoms with Crippen LogP contribution in [0.1, 0.15) is 12.5 Å². The van der Waals surface area contributed by atoms with Gasteiger partial charge in [-0.3, -0.25) is 9.78 Å². The molecular formula is C12H15N5O3. The van der Waals surface area contributed by atoms with E-state index in [0.29, 0.717) is 17.6 Å². The second kappa shape index (κ2) is 4.43. The Morgan fingerprint density at radius 2 is 2.35 bits per heavy atom. The normalized spacial score (nSPS) is 26.5. The minimum absolute atomic E-state index is 0.00659. The summed E-state index contributed by atoms with van der Waals surface area (Å²) in [6, 6.07) is -0.263. The van der Waals surface area contributed by atoms with Gasteiger partial charge >= 0.3 is 0 Å². The van der Waals surface area contributed by atoms with Crippen molar-refractivity contribution in [3.8, 4) is 0 Å².